The van der Waals surface area contributed by atoms with Crippen LogP contribution >= 0.6 is 27.5 Å². The van der Waals surface area contributed by atoms with Gasteiger partial charge in [0.15, 0.2) is 0 Å². The van der Waals surface area contributed by atoms with Crippen molar-refractivity contribution >= 4 is 27.5 Å². The average molecular weight is 326 g/mol. The Labute approximate surface area is 121 Å². The van der Waals surface area contributed by atoms with Gasteiger partial charge in [-0.3, -0.25) is 0 Å². The molecule has 1 atom stereocenters. The first-order valence-electron chi connectivity index (χ1n) is 5.66. The topological polar surface area (TPSA) is 9.23 Å². The maximum atomic E-state index is 6.49. The molecule has 0 aromatic heterocycles. The van der Waals surface area contributed by atoms with Gasteiger partial charge in [-0.2, -0.15) is 0 Å². The van der Waals surface area contributed by atoms with Gasteiger partial charge in [0, 0.05) is 4.47 Å². The van der Waals surface area contributed by atoms with Crippen molar-refractivity contribution in [3.63, 3.8) is 0 Å². The van der Waals surface area contributed by atoms with E-state index in [1.165, 1.54) is 5.56 Å². The highest BCUT2D eigenvalue weighted by Gasteiger charge is 2.11. The van der Waals surface area contributed by atoms with Crippen LogP contribution in [0.2, 0.25) is 0 Å². The summed E-state index contributed by atoms with van der Waals surface area (Å²) in [6, 6.07) is 14.0. The van der Waals surface area contributed by atoms with Gasteiger partial charge in [-0.25, -0.2) is 0 Å². The molecule has 3 heteroatoms. The van der Waals surface area contributed by atoms with E-state index in [1.807, 2.05) is 24.3 Å². The van der Waals surface area contributed by atoms with E-state index < -0.39 is 0 Å². The number of hydrogen-bond donors (Lipinski definition) is 0. The summed E-state index contributed by atoms with van der Waals surface area (Å²) >= 11 is 10.0. The molecule has 0 bridgehead atoms. The number of halogens is 2. The number of benzene rings is 2. The molecule has 0 fully saturated rings. The van der Waals surface area contributed by atoms with Crippen LogP contribution in [0.5, 0.6) is 5.75 Å². The zero-order valence-electron chi connectivity index (χ0n) is 10.3. The molecule has 0 saturated heterocycles. The first kappa shape index (κ1) is 13.4. The van der Waals surface area contributed by atoms with Crippen LogP contribution < -0.4 is 4.74 Å². The second-order valence-electron chi connectivity index (χ2n) is 4.14. The molecule has 0 heterocycles. The lowest BCUT2D eigenvalue weighted by atomic mass is 10.0. The number of ether oxygens (including phenoxy) is 1. The monoisotopic (exact) mass is 324 g/mol. The van der Waals surface area contributed by atoms with Gasteiger partial charge in [0.25, 0.3) is 0 Å². The maximum Gasteiger partial charge on any atom is 0.118 e. The highest BCUT2D eigenvalue weighted by atomic mass is 79.9. The molecule has 0 spiro atoms. The minimum absolute atomic E-state index is 0.146. The summed E-state index contributed by atoms with van der Waals surface area (Å²) in [6.45, 7) is 2.06. The van der Waals surface area contributed by atoms with Crippen LogP contribution in [-0.2, 0) is 0 Å². The summed E-state index contributed by atoms with van der Waals surface area (Å²) in [5.41, 5.74) is 3.35. The van der Waals surface area contributed by atoms with E-state index in [9.17, 15) is 0 Å². The van der Waals surface area contributed by atoms with Crippen molar-refractivity contribution in [3.8, 4) is 5.75 Å². The molecule has 0 radical (unpaired) electrons. The third kappa shape index (κ3) is 2.88. The van der Waals surface area contributed by atoms with Crippen LogP contribution in [0.15, 0.2) is 46.9 Å². The van der Waals surface area contributed by atoms with Gasteiger partial charge in [0.2, 0.25) is 0 Å². The zero-order valence-corrected chi connectivity index (χ0v) is 12.6. The Balaban J connectivity index is 2.28. The maximum absolute atomic E-state index is 6.49. The SMILES string of the molecule is COc1ccc(C(Cl)c2ccc(C)c(Br)c2)cc1. The molecule has 0 aliphatic rings. The van der Waals surface area contributed by atoms with Crippen LogP contribution in [0.1, 0.15) is 22.1 Å². The number of methoxy groups -OCH3 is 1. The molecule has 1 nitrogen and oxygen atoms in total. The second kappa shape index (κ2) is 5.77. The lowest BCUT2D eigenvalue weighted by molar-refractivity contribution is 0.414. The molecule has 0 saturated carbocycles. The van der Waals surface area contributed by atoms with E-state index in [0.29, 0.717) is 0 Å². The van der Waals surface area contributed by atoms with E-state index in [2.05, 4.69) is 41.1 Å². The van der Waals surface area contributed by atoms with Crippen molar-refractivity contribution in [1.29, 1.82) is 0 Å². The Morgan fingerprint density at radius 1 is 1.06 bits per heavy atom. The molecule has 2 rings (SSSR count). The number of rotatable bonds is 3. The van der Waals surface area contributed by atoms with Gasteiger partial charge in [-0.1, -0.05) is 40.2 Å². The normalized spacial score (nSPS) is 12.2. The van der Waals surface area contributed by atoms with E-state index in [1.54, 1.807) is 7.11 Å². The fourth-order valence-corrected chi connectivity index (χ4v) is 2.41. The molecule has 18 heavy (non-hydrogen) atoms. The lowest BCUT2D eigenvalue weighted by Gasteiger charge is -2.12. The third-order valence-corrected chi connectivity index (χ3v) is 4.26. The Bertz CT molecular complexity index is 537. The molecule has 0 aliphatic carbocycles. The average Bonchev–Trinajstić information content (AvgIpc) is 2.41. The number of hydrogen-bond acceptors (Lipinski definition) is 1. The fraction of sp³-hybridized carbons (Fsp3) is 0.200. The van der Waals surface area contributed by atoms with Crippen molar-refractivity contribution in [2.45, 2.75) is 12.3 Å². The first-order chi connectivity index (χ1) is 8.61. The predicted molar refractivity (Wildman–Crippen MR) is 79.6 cm³/mol. The van der Waals surface area contributed by atoms with Gasteiger partial charge in [0.05, 0.1) is 12.5 Å². The van der Waals surface area contributed by atoms with E-state index in [0.717, 1.165) is 21.3 Å². The molecule has 1 unspecified atom stereocenters. The predicted octanol–water partition coefficient (Wildman–Crippen LogP) is 5.09. The summed E-state index contributed by atoms with van der Waals surface area (Å²) in [5.74, 6) is 0.840. The highest BCUT2D eigenvalue weighted by Crippen LogP contribution is 2.32. The minimum Gasteiger partial charge on any atom is -0.497 e. The third-order valence-electron chi connectivity index (χ3n) is 2.90. The molecule has 0 aliphatic heterocycles. The van der Waals surface area contributed by atoms with Gasteiger partial charge < -0.3 is 4.74 Å². The van der Waals surface area contributed by atoms with Gasteiger partial charge in [0.1, 0.15) is 5.75 Å². The van der Waals surface area contributed by atoms with Crippen LogP contribution in [-0.4, -0.2) is 7.11 Å². The van der Waals surface area contributed by atoms with Crippen LogP contribution in [0, 0.1) is 6.92 Å². The molecule has 2 aromatic carbocycles. The fourth-order valence-electron chi connectivity index (χ4n) is 1.73. The number of alkyl halides is 1. The molecule has 0 N–H and O–H groups in total. The second-order valence-corrected chi connectivity index (χ2v) is 5.44. The Hall–Kier alpha value is -0.990. The molecule has 2 aromatic rings. The van der Waals surface area contributed by atoms with Crippen molar-refractivity contribution in [3.05, 3.63) is 63.6 Å². The Morgan fingerprint density at radius 2 is 1.67 bits per heavy atom. The van der Waals surface area contributed by atoms with Crippen LogP contribution in [0.4, 0.5) is 0 Å². The smallest absolute Gasteiger partial charge is 0.118 e. The Morgan fingerprint density at radius 3 is 2.22 bits per heavy atom. The van der Waals surface area contributed by atoms with E-state index >= 15 is 0 Å². The van der Waals surface area contributed by atoms with E-state index in [4.69, 9.17) is 16.3 Å². The van der Waals surface area contributed by atoms with Crippen molar-refractivity contribution in [2.75, 3.05) is 7.11 Å². The lowest BCUT2D eigenvalue weighted by Crippen LogP contribution is -1.94. The molecular weight excluding hydrogens is 312 g/mol. The Kier molecular flexibility index (Phi) is 4.31. The van der Waals surface area contributed by atoms with E-state index in [-0.39, 0.29) is 5.38 Å². The summed E-state index contributed by atoms with van der Waals surface area (Å²) in [7, 11) is 1.66. The molecule has 0 amide bonds. The first-order valence-corrected chi connectivity index (χ1v) is 6.89. The standard InChI is InChI=1S/C15H14BrClO/c1-10-3-4-12(9-14(10)16)15(17)11-5-7-13(18-2)8-6-11/h3-9,15H,1-2H3. The van der Waals surface area contributed by atoms with Gasteiger partial charge in [-0.15, -0.1) is 11.6 Å². The summed E-state index contributed by atoms with van der Waals surface area (Å²) < 4.78 is 6.22. The molecule has 94 valence electrons. The number of aryl methyl sites for hydroxylation is 1. The summed E-state index contributed by atoms with van der Waals surface area (Å²) in [5, 5.41) is -0.146. The van der Waals surface area contributed by atoms with Crippen LogP contribution in [0.3, 0.4) is 0 Å². The van der Waals surface area contributed by atoms with Gasteiger partial charge in [-0.05, 0) is 41.8 Å². The summed E-state index contributed by atoms with van der Waals surface area (Å²) in [4.78, 5) is 0. The minimum atomic E-state index is -0.146. The van der Waals surface area contributed by atoms with Crippen molar-refractivity contribution in [2.24, 2.45) is 0 Å². The van der Waals surface area contributed by atoms with Crippen molar-refractivity contribution < 1.29 is 4.74 Å². The zero-order chi connectivity index (χ0) is 13.1. The highest BCUT2D eigenvalue weighted by molar-refractivity contribution is 9.10. The van der Waals surface area contributed by atoms with Crippen molar-refractivity contribution in [1.82, 2.24) is 0 Å². The largest absolute Gasteiger partial charge is 0.497 e. The van der Waals surface area contributed by atoms with Gasteiger partial charge >= 0.3 is 0 Å². The molecular formula is C15H14BrClO. The van der Waals surface area contributed by atoms with Crippen LogP contribution in [0.25, 0.3) is 0 Å². The quantitative estimate of drug-likeness (QED) is 0.714. The summed E-state index contributed by atoms with van der Waals surface area (Å²) in [6.07, 6.45) is 0.